The summed E-state index contributed by atoms with van der Waals surface area (Å²) < 4.78 is 0. The predicted molar refractivity (Wildman–Crippen MR) is 90.6 cm³/mol. The van der Waals surface area contributed by atoms with Gasteiger partial charge in [-0.1, -0.05) is 30.3 Å². The number of benzene rings is 1. The highest BCUT2D eigenvalue weighted by Gasteiger charge is 2.57. The molecule has 0 bridgehead atoms. The van der Waals surface area contributed by atoms with Gasteiger partial charge in [0.1, 0.15) is 0 Å². The Bertz CT molecular complexity index is 563. The Morgan fingerprint density at radius 2 is 1.82 bits per heavy atom. The van der Waals surface area contributed by atoms with E-state index in [0.717, 1.165) is 17.3 Å². The fourth-order valence-electron chi connectivity index (χ4n) is 2.61. The molecule has 2 atom stereocenters. The first-order chi connectivity index (χ1) is 10.5. The number of thioether (sulfide) groups is 2. The summed E-state index contributed by atoms with van der Waals surface area (Å²) in [4.78, 5) is 24.7. The fourth-order valence-corrected chi connectivity index (χ4v) is 4.14. The third-order valence-corrected chi connectivity index (χ3v) is 6.44. The van der Waals surface area contributed by atoms with Crippen molar-refractivity contribution < 1.29 is 14.7 Å². The molecule has 1 aliphatic heterocycles. The van der Waals surface area contributed by atoms with E-state index < -0.39 is 16.3 Å². The summed E-state index contributed by atoms with van der Waals surface area (Å²) in [5, 5.41) is 12.3. The molecule has 1 saturated heterocycles. The maximum absolute atomic E-state index is 12.8. The maximum Gasteiger partial charge on any atom is 0.262 e. The molecule has 0 spiro atoms. The quantitative estimate of drug-likeness (QED) is 0.834. The molecular formula is C15H20N2O3S2. The molecule has 120 valence electrons. The number of amides is 2. The lowest BCUT2D eigenvalue weighted by atomic mass is 9.99. The monoisotopic (exact) mass is 340 g/mol. The van der Waals surface area contributed by atoms with E-state index in [1.165, 1.54) is 16.7 Å². The van der Waals surface area contributed by atoms with Crippen LogP contribution in [0.5, 0.6) is 0 Å². The lowest BCUT2D eigenvalue weighted by Gasteiger charge is -2.49. The Balaban J connectivity index is 2.40. The molecule has 0 aromatic heterocycles. The standard InChI is InChI=1S/C15H20N2O3S2/c1-17-13(20)14(10-18,21-2)16-12(19)15(17,22-3)9-11-7-5-4-6-8-11/h4-8,18H,9-10H2,1-3H3,(H,16,19)/t14-,15-/m1/s1. The van der Waals surface area contributed by atoms with E-state index in [2.05, 4.69) is 5.32 Å². The second-order valence-electron chi connectivity index (χ2n) is 5.16. The van der Waals surface area contributed by atoms with Gasteiger partial charge in [0.05, 0.1) is 6.61 Å². The molecule has 2 N–H and O–H groups in total. The number of nitrogens with one attached hydrogen (secondary N) is 1. The summed E-state index contributed by atoms with van der Waals surface area (Å²) >= 11 is 2.48. The fraction of sp³-hybridized carbons (Fsp3) is 0.467. The zero-order valence-electron chi connectivity index (χ0n) is 12.8. The van der Waals surface area contributed by atoms with Gasteiger partial charge in [0.15, 0.2) is 9.74 Å². The highest BCUT2D eigenvalue weighted by molar-refractivity contribution is 8.01. The molecule has 0 saturated carbocycles. The summed E-state index contributed by atoms with van der Waals surface area (Å²) in [6.07, 6.45) is 3.93. The smallest absolute Gasteiger partial charge is 0.262 e. The first-order valence-electron chi connectivity index (χ1n) is 6.81. The van der Waals surface area contributed by atoms with Gasteiger partial charge in [0, 0.05) is 13.5 Å². The third kappa shape index (κ3) is 2.61. The van der Waals surface area contributed by atoms with Gasteiger partial charge in [-0.2, -0.15) is 0 Å². The number of aliphatic hydroxyl groups is 1. The average molecular weight is 340 g/mol. The Morgan fingerprint density at radius 3 is 2.32 bits per heavy atom. The summed E-state index contributed by atoms with van der Waals surface area (Å²) in [6.45, 7) is -0.432. The minimum atomic E-state index is -1.29. The van der Waals surface area contributed by atoms with Crippen LogP contribution in [0.15, 0.2) is 30.3 Å². The topological polar surface area (TPSA) is 69.6 Å². The molecular weight excluding hydrogens is 320 g/mol. The van der Waals surface area contributed by atoms with Crippen LogP contribution in [0.1, 0.15) is 5.56 Å². The van der Waals surface area contributed by atoms with Gasteiger partial charge in [0.25, 0.3) is 11.8 Å². The molecule has 2 rings (SSSR count). The van der Waals surface area contributed by atoms with Crippen LogP contribution in [0.3, 0.4) is 0 Å². The second kappa shape index (κ2) is 6.52. The first kappa shape index (κ1) is 17.2. The van der Waals surface area contributed by atoms with Gasteiger partial charge < -0.3 is 15.3 Å². The van der Waals surface area contributed by atoms with Crippen LogP contribution in [-0.2, 0) is 16.0 Å². The average Bonchev–Trinajstić information content (AvgIpc) is 2.56. The maximum atomic E-state index is 12.8. The Morgan fingerprint density at radius 1 is 1.18 bits per heavy atom. The van der Waals surface area contributed by atoms with Crippen LogP contribution in [-0.4, -0.2) is 57.7 Å². The van der Waals surface area contributed by atoms with Crippen LogP contribution >= 0.6 is 23.5 Å². The number of piperazine rings is 1. The van der Waals surface area contributed by atoms with E-state index in [0.29, 0.717) is 6.42 Å². The van der Waals surface area contributed by atoms with Gasteiger partial charge in [-0.05, 0) is 18.1 Å². The van der Waals surface area contributed by atoms with E-state index in [1.54, 1.807) is 13.3 Å². The van der Waals surface area contributed by atoms with Crippen molar-refractivity contribution in [3.05, 3.63) is 35.9 Å². The van der Waals surface area contributed by atoms with Gasteiger partial charge in [-0.3, -0.25) is 9.59 Å². The summed E-state index contributed by atoms with van der Waals surface area (Å²) in [6, 6.07) is 9.60. The SMILES string of the molecule is CS[C@@]1(CO)NC(=O)[C@@](Cc2ccccc2)(SC)N(C)C1=O. The Kier molecular flexibility index (Phi) is 5.09. The summed E-state index contributed by atoms with van der Waals surface area (Å²) in [5.74, 6) is -0.540. The number of carbonyl (C=O) groups is 2. The highest BCUT2D eigenvalue weighted by atomic mass is 32.2. The molecule has 1 heterocycles. The van der Waals surface area contributed by atoms with E-state index >= 15 is 0 Å². The number of nitrogens with zero attached hydrogens (tertiary/aromatic N) is 1. The zero-order valence-corrected chi connectivity index (χ0v) is 14.5. The van der Waals surface area contributed by atoms with Crippen LogP contribution in [0.2, 0.25) is 0 Å². The van der Waals surface area contributed by atoms with E-state index in [-0.39, 0.29) is 11.8 Å². The molecule has 2 amide bonds. The molecule has 1 fully saturated rings. The number of hydrogen-bond donors (Lipinski definition) is 2. The number of carbonyl (C=O) groups excluding carboxylic acids is 2. The van der Waals surface area contributed by atoms with Crippen LogP contribution in [0.25, 0.3) is 0 Å². The second-order valence-corrected chi connectivity index (χ2v) is 7.35. The number of aliphatic hydroxyl groups excluding tert-OH is 1. The van der Waals surface area contributed by atoms with Crippen molar-refractivity contribution in [1.29, 1.82) is 0 Å². The molecule has 0 radical (unpaired) electrons. The zero-order chi connectivity index (χ0) is 16.4. The third-order valence-electron chi connectivity index (χ3n) is 4.06. The van der Waals surface area contributed by atoms with Crippen LogP contribution in [0, 0.1) is 0 Å². The summed E-state index contributed by atoms with van der Waals surface area (Å²) in [5.41, 5.74) is 0.979. The van der Waals surface area contributed by atoms with Crippen LogP contribution in [0.4, 0.5) is 0 Å². The molecule has 7 heteroatoms. The lowest BCUT2D eigenvalue weighted by molar-refractivity contribution is -0.152. The van der Waals surface area contributed by atoms with E-state index in [1.807, 2.05) is 36.6 Å². The van der Waals surface area contributed by atoms with Crippen molar-refractivity contribution in [2.45, 2.75) is 16.2 Å². The van der Waals surface area contributed by atoms with Crippen molar-refractivity contribution in [2.24, 2.45) is 0 Å². The van der Waals surface area contributed by atoms with Crippen LogP contribution < -0.4 is 5.32 Å². The molecule has 0 unspecified atom stereocenters. The number of likely N-dealkylation sites (N-methyl/N-ethyl adjacent to an activating group) is 1. The highest BCUT2D eigenvalue weighted by Crippen LogP contribution is 2.39. The van der Waals surface area contributed by atoms with Gasteiger partial charge >= 0.3 is 0 Å². The summed E-state index contributed by atoms with van der Waals surface area (Å²) in [7, 11) is 1.63. The van der Waals surface area contributed by atoms with Crippen molar-refractivity contribution in [2.75, 3.05) is 26.2 Å². The molecule has 5 nitrogen and oxygen atoms in total. The van der Waals surface area contributed by atoms with E-state index in [9.17, 15) is 14.7 Å². The van der Waals surface area contributed by atoms with Gasteiger partial charge in [-0.25, -0.2) is 0 Å². The normalized spacial score (nSPS) is 28.6. The van der Waals surface area contributed by atoms with Gasteiger partial charge in [-0.15, -0.1) is 23.5 Å². The largest absolute Gasteiger partial charge is 0.392 e. The predicted octanol–water partition coefficient (Wildman–Crippen LogP) is 0.928. The molecule has 1 aliphatic rings. The molecule has 1 aromatic rings. The van der Waals surface area contributed by atoms with Crippen molar-refractivity contribution in [1.82, 2.24) is 10.2 Å². The van der Waals surface area contributed by atoms with Crippen molar-refractivity contribution in [3.63, 3.8) is 0 Å². The minimum absolute atomic E-state index is 0.255. The molecule has 22 heavy (non-hydrogen) atoms. The van der Waals surface area contributed by atoms with Gasteiger partial charge in [0.2, 0.25) is 0 Å². The van der Waals surface area contributed by atoms with Crippen molar-refractivity contribution in [3.8, 4) is 0 Å². The number of rotatable bonds is 5. The molecule has 0 aliphatic carbocycles. The first-order valence-corrected chi connectivity index (χ1v) is 9.26. The number of hydrogen-bond acceptors (Lipinski definition) is 5. The van der Waals surface area contributed by atoms with E-state index in [4.69, 9.17) is 0 Å². The minimum Gasteiger partial charge on any atom is -0.392 e. The Hall–Kier alpha value is -1.18. The lowest BCUT2D eigenvalue weighted by Crippen LogP contribution is -2.74. The Labute approximate surface area is 138 Å². The molecule has 1 aromatic carbocycles. The van der Waals surface area contributed by atoms with Crippen molar-refractivity contribution >= 4 is 35.3 Å².